The van der Waals surface area contributed by atoms with Crippen LogP contribution in [0.4, 0.5) is 0 Å². The lowest BCUT2D eigenvalue weighted by Crippen LogP contribution is -2.68. The Balaban J connectivity index is 1.61. The van der Waals surface area contributed by atoms with E-state index in [1.807, 2.05) is 13.0 Å². The quantitative estimate of drug-likeness (QED) is 0.549. The fraction of sp³-hybridized carbons (Fsp3) is 0.360. The van der Waals surface area contributed by atoms with Crippen molar-refractivity contribution in [2.75, 3.05) is 0 Å². The molecule has 9 heteroatoms. The molecule has 0 spiro atoms. The Hall–Kier alpha value is -3.72. The number of Topliss-reactive ketones (excluding diaryl/α,β-unsaturated/α-hetero) is 4. The Labute approximate surface area is 194 Å². The van der Waals surface area contributed by atoms with Crippen LogP contribution in [-0.2, 0) is 25.6 Å². The largest absolute Gasteiger partial charge is 0.507 e. The van der Waals surface area contributed by atoms with Gasteiger partial charge in [-0.15, -0.1) is 0 Å². The number of hydrogen-bond donors (Lipinski definition) is 3. The van der Waals surface area contributed by atoms with Crippen LogP contribution < -0.4 is 5.73 Å². The summed E-state index contributed by atoms with van der Waals surface area (Å²) < 4.78 is 0. The predicted octanol–water partition coefficient (Wildman–Crippen LogP) is 0.697. The molecular formula is C25H22N2O7. The van der Waals surface area contributed by atoms with Crippen molar-refractivity contribution in [2.45, 2.75) is 31.8 Å². The number of amides is 1. The highest BCUT2D eigenvalue weighted by molar-refractivity contribution is 6.31. The van der Waals surface area contributed by atoms with Gasteiger partial charge >= 0.3 is 0 Å². The summed E-state index contributed by atoms with van der Waals surface area (Å²) >= 11 is 0. The molecule has 1 aromatic heterocycles. The lowest BCUT2D eigenvalue weighted by Gasteiger charge is -2.48. The van der Waals surface area contributed by atoms with Gasteiger partial charge in [0, 0.05) is 24.1 Å². The molecule has 5 atom stereocenters. The maximum Gasteiger partial charge on any atom is 0.235 e. The number of hydrogen-bond acceptors (Lipinski definition) is 8. The van der Waals surface area contributed by atoms with E-state index >= 15 is 0 Å². The van der Waals surface area contributed by atoms with E-state index < -0.39 is 58.3 Å². The zero-order valence-electron chi connectivity index (χ0n) is 18.3. The van der Waals surface area contributed by atoms with Gasteiger partial charge in [-0.25, -0.2) is 0 Å². The van der Waals surface area contributed by atoms with Crippen LogP contribution >= 0.6 is 0 Å². The van der Waals surface area contributed by atoms with Crippen molar-refractivity contribution >= 4 is 29.0 Å². The smallest absolute Gasteiger partial charge is 0.235 e. The molecule has 3 aliphatic rings. The summed E-state index contributed by atoms with van der Waals surface area (Å²) in [5, 5.41) is 21.7. The topological polar surface area (TPSA) is 165 Å². The van der Waals surface area contributed by atoms with E-state index in [4.69, 9.17) is 5.73 Å². The number of primary amides is 1. The van der Waals surface area contributed by atoms with Gasteiger partial charge < -0.3 is 15.9 Å². The van der Waals surface area contributed by atoms with E-state index in [2.05, 4.69) is 4.98 Å². The molecule has 9 nitrogen and oxygen atoms in total. The van der Waals surface area contributed by atoms with Crippen LogP contribution in [0.25, 0.3) is 11.3 Å². The molecule has 0 bridgehead atoms. The van der Waals surface area contributed by atoms with Crippen molar-refractivity contribution in [3.05, 3.63) is 47.2 Å². The summed E-state index contributed by atoms with van der Waals surface area (Å²) in [5.41, 5.74) is 5.22. The number of rotatable bonds is 2. The molecular weight excluding hydrogens is 440 g/mol. The van der Waals surface area contributed by atoms with Crippen LogP contribution in [0.15, 0.2) is 30.5 Å². The first kappa shape index (κ1) is 22.1. The first-order chi connectivity index (χ1) is 16.1. The molecule has 2 unspecified atom stereocenters. The van der Waals surface area contributed by atoms with E-state index in [9.17, 15) is 34.2 Å². The highest BCUT2D eigenvalue weighted by Crippen LogP contribution is 2.50. The third kappa shape index (κ3) is 2.89. The van der Waals surface area contributed by atoms with Gasteiger partial charge in [-0.05, 0) is 55.0 Å². The minimum Gasteiger partial charge on any atom is -0.507 e. The maximum absolute atomic E-state index is 13.5. The number of ketones is 4. The number of phenols is 1. The summed E-state index contributed by atoms with van der Waals surface area (Å²) in [5.74, 6) is -10.2. The monoisotopic (exact) mass is 462 g/mol. The van der Waals surface area contributed by atoms with Crippen molar-refractivity contribution in [1.29, 1.82) is 0 Å². The molecule has 1 amide bonds. The summed E-state index contributed by atoms with van der Waals surface area (Å²) in [4.78, 5) is 68.5. The summed E-state index contributed by atoms with van der Waals surface area (Å²) in [6, 6.07) is 6.68. The van der Waals surface area contributed by atoms with E-state index in [0.717, 1.165) is 5.56 Å². The number of phenolic OH excluding ortho intramolecular Hbond substituents is 1. The lowest BCUT2D eigenvalue weighted by molar-refractivity contribution is -0.175. The minimum absolute atomic E-state index is 0.0395. The maximum atomic E-state index is 13.5. The standard InChI is InChI=1S/C25H22N2O7/c1-10-2-4-15(27-9-10)13-3-5-16(28)19-14(13)7-11-6-12-8-17(29)20(24(26)33)23(32)25(12,34)22(31)18(11)21(19)30/h2-5,9,11-12,18,20,28,34H,6-8H2,1H3,(H2,26,33)/t11-,12+,18?,20?,25+/m1/s1. The predicted molar refractivity (Wildman–Crippen MR) is 116 cm³/mol. The van der Waals surface area contributed by atoms with Gasteiger partial charge in [-0.2, -0.15) is 0 Å². The van der Waals surface area contributed by atoms with Crippen LogP contribution in [0.1, 0.15) is 34.3 Å². The number of nitrogens with zero attached hydrogens (tertiary/aromatic N) is 1. The average Bonchev–Trinajstić information content (AvgIpc) is 2.77. The molecule has 2 saturated carbocycles. The lowest BCUT2D eigenvalue weighted by atomic mass is 9.53. The summed E-state index contributed by atoms with van der Waals surface area (Å²) in [6.07, 6.45) is 1.58. The van der Waals surface area contributed by atoms with Gasteiger partial charge in [-0.1, -0.05) is 6.07 Å². The van der Waals surface area contributed by atoms with E-state index in [1.165, 1.54) is 6.07 Å². The van der Waals surface area contributed by atoms with Crippen LogP contribution in [0.2, 0.25) is 0 Å². The Morgan fingerprint density at radius 2 is 1.82 bits per heavy atom. The number of carbonyl (C=O) groups excluding carboxylic acids is 5. The Bertz CT molecular complexity index is 1300. The van der Waals surface area contributed by atoms with Crippen LogP contribution in [0, 0.1) is 30.6 Å². The molecule has 0 radical (unpaired) electrons. The van der Waals surface area contributed by atoms with Crippen molar-refractivity contribution in [2.24, 2.45) is 29.4 Å². The molecule has 2 aromatic rings. The van der Waals surface area contributed by atoms with Crippen molar-refractivity contribution in [1.82, 2.24) is 4.98 Å². The second-order valence-electron chi connectivity index (χ2n) is 9.45. The first-order valence-corrected chi connectivity index (χ1v) is 11.0. The van der Waals surface area contributed by atoms with Crippen LogP contribution in [-0.4, -0.2) is 49.8 Å². The molecule has 2 fully saturated rings. The zero-order valence-corrected chi connectivity index (χ0v) is 18.3. The molecule has 4 N–H and O–H groups in total. The molecule has 34 heavy (non-hydrogen) atoms. The van der Waals surface area contributed by atoms with E-state index in [0.29, 0.717) is 16.8 Å². The molecule has 3 aliphatic carbocycles. The molecule has 0 aliphatic heterocycles. The number of aliphatic hydroxyl groups is 1. The first-order valence-electron chi connectivity index (χ1n) is 11.0. The number of nitrogens with two attached hydrogens (primary N) is 1. The third-order valence-corrected chi connectivity index (χ3v) is 7.47. The molecule has 1 heterocycles. The molecule has 0 saturated heterocycles. The minimum atomic E-state index is -2.65. The average molecular weight is 462 g/mol. The molecule has 174 valence electrons. The Morgan fingerprint density at radius 3 is 2.47 bits per heavy atom. The number of fused-ring (bicyclic) bond motifs is 3. The number of carbonyl (C=O) groups is 5. The van der Waals surface area contributed by atoms with Crippen molar-refractivity contribution in [3.63, 3.8) is 0 Å². The van der Waals surface area contributed by atoms with Gasteiger partial charge in [0.15, 0.2) is 34.7 Å². The fourth-order valence-electron chi connectivity index (χ4n) is 5.83. The second-order valence-corrected chi connectivity index (χ2v) is 9.45. The number of pyridine rings is 1. The van der Waals surface area contributed by atoms with Gasteiger partial charge in [0.25, 0.3) is 0 Å². The van der Waals surface area contributed by atoms with Crippen molar-refractivity contribution in [3.8, 4) is 17.0 Å². The van der Waals surface area contributed by atoms with Gasteiger partial charge in [-0.3, -0.25) is 29.0 Å². The summed E-state index contributed by atoms with van der Waals surface area (Å²) in [6.45, 7) is 1.89. The van der Waals surface area contributed by atoms with Gasteiger partial charge in [0.2, 0.25) is 5.91 Å². The van der Waals surface area contributed by atoms with E-state index in [-0.39, 0.29) is 30.6 Å². The number of aromatic nitrogens is 1. The van der Waals surface area contributed by atoms with Crippen LogP contribution in [0.5, 0.6) is 5.75 Å². The highest BCUT2D eigenvalue weighted by Gasteiger charge is 2.66. The van der Waals surface area contributed by atoms with E-state index in [1.54, 1.807) is 18.3 Å². The van der Waals surface area contributed by atoms with Crippen molar-refractivity contribution < 1.29 is 34.2 Å². The Morgan fingerprint density at radius 1 is 1.09 bits per heavy atom. The van der Waals surface area contributed by atoms with Crippen LogP contribution in [0.3, 0.4) is 0 Å². The molecule has 1 aromatic carbocycles. The fourth-order valence-corrected chi connectivity index (χ4v) is 5.83. The molecule has 5 rings (SSSR count). The Kier molecular flexibility index (Phi) is 4.80. The highest BCUT2D eigenvalue weighted by atomic mass is 16.3. The number of aryl methyl sites for hydroxylation is 1. The normalized spacial score (nSPS) is 30.4. The zero-order chi connectivity index (χ0) is 24.5. The van der Waals surface area contributed by atoms with Gasteiger partial charge in [0.05, 0.1) is 17.2 Å². The second kappa shape index (κ2) is 7.39. The number of aromatic hydroxyl groups is 1. The van der Waals surface area contributed by atoms with Gasteiger partial charge in [0.1, 0.15) is 5.75 Å². The SMILES string of the molecule is Cc1ccc(-c2ccc(O)c3c2C[C@H]2C[C@H]4CC(=O)C(C(N)=O)C(=O)[C@@]4(O)C(=O)C2C3=O)nc1. The third-order valence-electron chi connectivity index (χ3n) is 7.47. The number of benzene rings is 1. The summed E-state index contributed by atoms with van der Waals surface area (Å²) in [7, 11) is 0.